The van der Waals surface area contributed by atoms with E-state index in [9.17, 15) is 0 Å². The molecule has 1 heterocycles. The van der Waals surface area contributed by atoms with Gasteiger partial charge in [0, 0.05) is 0 Å². The molecule has 0 bridgehead atoms. The van der Waals surface area contributed by atoms with Crippen LogP contribution in [0.3, 0.4) is 0 Å². The first-order valence-electron chi connectivity index (χ1n) is 6.39. The highest BCUT2D eigenvalue weighted by Crippen LogP contribution is 2.39. The van der Waals surface area contributed by atoms with Crippen molar-refractivity contribution in [2.45, 2.75) is 19.9 Å². The van der Waals surface area contributed by atoms with Gasteiger partial charge in [0.1, 0.15) is 5.75 Å². The number of hydrogen-bond acceptors (Lipinski definition) is 3. The second-order valence-corrected chi connectivity index (χ2v) is 8.24. The molecule has 5 heteroatoms. The van der Waals surface area contributed by atoms with Gasteiger partial charge in [-0.05, 0) is 80.2 Å². The van der Waals surface area contributed by atoms with Gasteiger partial charge >= 0.3 is 0 Å². The minimum atomic E-state index is 0.183. The maximum absolute atomic E-state index is 5.29. The normalized spacial score (nSPS) is 12.4. The van der Waals surface area contributed by atoms with Crippen LogP contribution in [0.1, 0.15) is 29.7 Å². The Balaban J connectivity index is 2.45. The summed E-state index contributed by atoms with van der Waals surface area (Å²) >= 11 is 8.92. The smallest absolute Gasteiger partial charge is 0.119 e. The monoisotopic (exact) mass is 417 g/mol. The Morgan fingerprint density at radius 1 is 1.25 bits per heavy atom. The summed E-state index contributed by atoms with van der Waals surface area (Å²) < 4.78 is 7.58. The summed E-state index contributed by atoms with van der Waals surface area (Å²) in [4.78, 5) is 0. The summed E-state index contributed by atoms with van der Waals surface area (Å²) in [6.45, 7) is 5.16. The van der Waals surface area contributed by atoms with E-state index in [4.69, 9.17) is 4.74 Å². The van der Waals surface area contributed by atoms with Crippen molar-refractivity contribution in [3.63, 3.8) is 0 Å². The zero-order chi connectivity index (χ0) is 14.7. The molecule has 1 N–H and O–H groups in total. The number of thiophene rings is 1. The second kappa shape index (κ2) is 7.07. The van der Waals surface area contributed by atoms with E-state index >= 15 is 0 Å². The minimum absolute atomic E-state index is 0.183. The van der Waals surface area contributed by atoms with Gasteiger partial charge in [-0.25, -0.2) is 0 Å². The maximum atomic E-state index is 5.29. The van der Waals surface area contributed by atoms with Crippen molar-refractivity contribution < 1.29 is 4.74 Å². The highest BCUT2D eigenvalue weighted by atomic mass is 79.9. The molecule has 1 aromatic heterocycles. The predicted octanol–water partition coefficient (Wildman–Crippen LogP) is 5.29. The number of aryl methyl sites for hydroxylation is 1. The van der Waals surface area contributed by atoms with E-state index in [2.05, 4.69) is 69.2 Å². The van der Waals surface area contributed by atoms with E-state index < -0.39 is 0 Å². The molecule has 1 unspecified atom stereocenters. The van der Waals surface area contributed by atoms with Crippen molar-refractivity contribution in [3.05, 3.63) is 48.5 Å². The molecule has 0 aliphatic rings. The molecule has 0 aliphatic heterocycles. The van der Waals surface area contributed by atoms with Gasteiger partial charge in [0.2, 0.25) is 0 Å². The number of nitrogens with one attached hydrogen (secondary N) is 1. The second-order valence-electron chi connectivity index (χ2n) is 4.49. The average molecular weight is 419 g/mol. The van der Waals surface area contributed by atoms with Crippen LogP contribution in [0, 0.1) is 6.92 Å². The van der Waals surface area contributed by atoms with E-state index in [1.54, 1.807) is 18.4 Å². The molecule has 0 radical (unpaired) electrons. The van der Waals surface area contributed by atoms with Crippen LogP contribution in [0.4, 0.5) is 0 Å². The third-order valence-corrected chi connectivity index (χ3v) is 5.58. The molecule has 0 saturated carbocycles. The largest absolute Gasteiger partial charge is 0.497 e. The maximum Gasteiger partial charge on any atom is 0.119 e. The molecule has 108 valence electrons. The van der Waals surface area contributed by atoms with Gasteiger partial charge < -0.3 is 10.1 Å². The molecule has 0 amide bonds. The first kappa shape index (κ1) is 16.0. The lowest BCUT2D eigenvalue weighted by atomic mass is 9.96. The van der Waals surface area contributed by atoms with Crippen molar-refractivity contribution in [3.8, 4) is 5.75 Å². The molecule has 1 atom stereocenters. The van der Waals surface area contributed by atoms with E-state index in [0.29, 0.717) is 0 Å². The summed E-state index contributed by atoms with van der Waals surface area (Å²) in [5.74, 6) is 0.895. The Labute approximate surface area is 140 Å². The summed E-state index contributed by atoms with van der Waals surface area (Å²) in [6.07, 6.45) is 0. The Morgan fingerprint density at radius 3 is 2.50 bits per heavy atom. The topological polar surface area (TPSA) is 21.3 Å². The van der Waals surface area contributed by atoms with Gasteiger partial charge in [0.25, 0.3) is 0 Å². The first-order chi connectivity index (χ1) is 9.56. The van der Waals surface area contributed by atoms with Crippen LogP contribution in [0.25, 0.3) is 0 Å². The van der Waals surface area contributed by atoms with Gasteiger partial charge in [-0.1, -0.05) is 13.0 Å². The van der Waals surface area contributed by atoms with E-state index in [1.165, 1.54) is 16.7 Å². The Kier molecular flexibility index (Phi) is 5.66. The highest BCUT2D eigenvalue weighted by Gasteiger charge is 2.20. The molecule has 0 aliphatic carbocycles. The zero-order valence-corrected chi connectivity index (χ0v) is 15.7. The fourth-order valence-electron chi connectivity index (χ4n) is 2.24. The lowest BCUT2D eigenvalue weighted by molar-refractivity contribution is 0.414. The molecule has 0 spiro atoms. The van der Waals surface area contributed by atoms with Crippen molar-refractivity contribution in [2.24, 2.45) is 0 Å². The van der Waals surface area contributed by atoms with Gasteiger partial charge in [0.15, 0.2) is 0 Å². The minimum Gasteiger partial charge on any atom is -0.497 e. The molecule has 2 rings (SSSR count). The fraction of sp³-hybridized carbons (Fsp3) is 0.333. The number of benzene rings is 1. The first-order valence-corrected chi connectivity index (χ1v) is 8.79. The lowest BCUT2D eigenvalue weighted by Gasteiger charge is -2.20. The summed E-state index contributed by atoms with van der Waals surface area (Å²) in [5, 5.41) is 3.56. The fourth-order valence-corrected chi connectivity index (χ4v) is 5.14. The molecule has 2 nitrogen and oxygen atoms in total. The summed E-state index contributed by atoms with van der Waals surface area (Å²) in [7, 11) is 1.70. The Hall–Kier alpha value is -0.360. The third kappa shape index (κ3) is 3.45. The number of methoxy groups -OCH3 is 1. The van der Waals surface area contributed by atoms with Crippen molar-refractivity contribution >= 4 is 43.2 Å². The van der Waals surface area contributed by atoms with Gasteiger partial charge in [-0.2, -0.15) is 0 Å². The molecular formula is C15H17Br2NOS. The quantitative estimate of drug-likeness (QED) is 0.712. The zero-order valence-electron chi connectivity index (χ0n) is 11.7. The number of rotatable bonds is 5. The molecule has 1 aromatic carbocycles. The number of ether oxygens (including phenoxy) is 1. The summed E-state index contributed by atoms with van der Waals surface area (Å²) in [5.41, 5.74) is 3.76. The summed E-state index contributed by atoms with van der Waals surface area (Å²) in [6, 6.07) is 8.59. The van der Waals surface area contributed by atoms with Crippen LogP contribution in [0.2, 0.25) is 0 Å². The number of hydrogen-bond donors (Lipinski definition) is 1. The van der Waals surface area contributed by atoms with Gasteiger partial charge in [-0.15, -0.1) is 11.3 Å². The molecular weight excluding hydrogens is 402 g/mol. The van der Waals surface area contributed by atoms with E-state index in [1.807, 2.05) is 6.07 Å². The van der Waals surface area contributed by atoms with Crippen LogP contribution in [-0.2, 0) is 0 Å². The van der Waals surface area contributed by atoms with E-state index in [-0.39, 0.29) is 6.04 Å². The van der Waals surface area contributed by atoms with Crippen LogP contribution in [0.15, 0.2) is 31.8 Å². The van der Waals surface area contributed by atoms with Crippen LogP contribution in [0.5, 0.6) is 5.75 Å². The third-order valence-electron chi connectivity index (χ3n) is 3.19. The molecule has 2 aromatic rings. The predicted molar refractivity (Wildman–Crippen MR) is 93.0 cm³/mol. The Morgan fingerprint density at radius 2 is 2.00 bits per heavy atom. The van der Waals surface area contributed by atoms with Crippen molar-refractivity contribution in [2.75, 3.05) is 13.7 Å². The molecule has 0 saturated heterocycles. The molecule has 0 fully saturated rings. The van der Waals surface area contributed by atoms with E-state index in [0.717, 1.165) is 19.9 Å². The highest BCUT2D eigenvalue weighted by molar-refractivity contribution is 9.12. The molecule has 20 heavy (non-hydrogen) atoms. The average Bonchev–Trinajstić information content (AvgIpc) is 2.75. The van der Waals surface area contributed by atoms with Crippen molar-refractivity contribution in [1.82, 2.24) is 5.32 Å². The van der Waals surface area contributed by atoms with Gasteiger partial charge in [-0.3, -0.25) is 0 Å². The van der Waals surface area contributed by atoms with Crippen molar-refractivity contribution in [1.29, 1.82) is 0 Å². The standard InChI is InChI=1S/C15H17Br2NOS/c1-4-18-14(12-8-13(16)20-15(12)17)11-6-5-10(19-3)7-9(11)2/h5-8,14,18H,4H2,1-3H3. The van der Waals surface area contributed by atoms with Gasteiger partial charge in [0.05, 0.1) is 20.7 Å². The Bertz CT molecular complexity index is 598. The SMILES string of the molecule is CCNC(c1ccc(OC)cc1C)c1cc(Br)sc1Br. The lowest BCUT2D eigenvalue weighted by Crippen LogP contribution is -2.22. The van der Waals surface area contributed by atoms with Crippen LogP contribution < -0.4 is 10.1 Å². The number of halogens is 2. The van der Waals surface area contributed by atoms with Crippen LogP contribution >= 0.6 is 43.2 Å². The van der Waals surface area contributed by atoms with Crippen LogP contribution in [-0.4, -0.2) is 13.7 Å².